The lowest BCUT2D eigenvalue weighted by Gasteiger charge is -2.33. The van der Waals surface area contributed by atoms with Gasteiger partial charge in [-0.2, -0.15) is 0 Å². The fourth-order valence-corrected chi connectivity index (χ4v) is 2.80. The van der Waals surface area contributed by atoms with Gasteiger partial charge in [0, 0.05) is 38.9 Å². The number of pyridine rings is 1. The van der Waals surface area contributed by atoms with Crippen LogP contribution in [0, 0.1) is 0 Å². The Balaban J connectivity index is 1.60. The number of carbonyl (C=O) groups excluding carboxylic acids is 1. The van der Waals surface area contributed by atoms with E-state index in [0.29, 0.717) is 17.9 Å². The monoisotopic (exact) mass is 340 g/mol. The minimum absolute atomic E-state index is 0.141. The molecule has 0 bridgehead atoms. The molecule has 6 nitrogen and oxygen atoms in total. The lowest BCUT2D eigenvalue weighted by Crippen LogP contribution is -2.44. The molecule has 0 unspecified atom stereocenters. The van der Waals surface area contributed by atoms with Crippen molar-refractivity contribution in [2.45, 2.75) is 6.61 Å². The Bertz CT molecular complexity index is 692. The number of likely N-dealkylation sites (N-methyl/N-ethyl adjacent to an activating group) is 1. The van der Waals surface area contributed by atoms with E-state index in [0.717, 1.165) is 37.6 Å². The zero-order valence-corrected chi connectivity index (χ0v) is 14.7. The molecule has 1 aromatic heterocycles. The summed E-state index contributed by atoms with van der Waals surface area (Å²) in [4.78, 5) is 21.4. The van der Waals surface area contributed by atoms with Crippen molar-refractivity contribution in [3.8, 4) is 0 Å². The van der Waals surface area contributed by atoms with Gasteiger partial charge in [0.05, 0.1) is 18.5 Å². The molecule has 1 fully saturated rings. The molecule has 25 heavy (non-hydrogen) atoms. The van der Waals surface area contributed by atoms with Gasteiger partial charge in [-0.3, -0.25) is 4.79 Å². The topological polar surface area (TPSA) is 57.7 Å². The number of ether oxygens (including phenoxy) is 1. The number of hydrogen-bond donors (Lipinski definition) is 1. The van der Waals surface area contributed by atoms with Gasteiger partial charge in [0.25, 0.3) is 5.91 Å². The zero-order valence-electron chi connectivity index (χ0n) is 14.7. The molecule has 0 spiro atoms. The van der Waals surface area contributed by atoms with Crippen LogP contribution in [0.15, 0.2) is 42.6 Å². The summed E-state index contributed by atoms with van der Waals surface area (Å²) in [7, 11) is 3.78. The third kappa shape index (κ3) is 4.55. The second-order valence-corrected chi connectivity index (χ2v) is 6.28. The first-order valence-corrected chi connectivity index (χ1v) is 8.44. The van der Waals surface area contributed by atoms with E-state index >= 15 is 0 Å². The van der Waals surface area contributed by atoms with Crippen LogP contribution in [0.5, 0.6) is 0 Å². The number of anilines is 2. The van der Waals surface area contributed by atoms with E-state index in [-0.39, 0.29) is 5.91 Å². The number of rotatable bonds is 5. The molecular weight excluding hydrogens is 316 g/mol. The first-order chi connectivity index (χ1) is 12.2. The van der Waals surface area contributed by atoms with Crippen LogP contribution < -0.4 is 10.2 Å². The predicted octanol–water partition coefficient (Wildman–Crippen LogP) is 2.23. The molecule has 2 aromatic rings. The maximum Gasteiger partial charge on any atom is 0.255 e. The summed E-state index contributed by atoms with van der Waals surface area (Å²) >= 11 is 0. The Hall–Kier alpha value is -2.44. The number of methoxy groups -OCH3 is 1. The maximum atomic E-state index is 12.3. The Kier molecular flexibility index (Phi) is 5.63. The Morgan fingerprint density at radius 3 is 2.44 bits per heavy atom. The van der Waals surface area contributed by atoms with Crippen LogP contribution in [0.3, 0.4) is 0 Å². The van der Waals surface area contributed by atoms with Crippen LogP contribution >= 0.6 is 0 Å². The molecule has 1 N–H and O–H groups in total. The minimum Gasteiger partial charge on any atom is -0.380 e. The first-order valence-electron chi connectivity index (χ1n) is 8.44. The van der Waals surface area contributed by atoms with Crippen LogP contribution in [0.4, 0.5) is 11.5 Å². The third-order valence-corrected chi connectivity index (χ3v) is 4.36. The zero-order chi connectivity index (χ0) is 17.6. The van der Waals surface area contributed by atoms with E-state index in [1.54, 1.807) is 25.4 Å². The predicted molar refractivity (Wildman–Crippen MR) is 99.1 cm³/mol. The van der Waals surface area contributed by atoms with E-state index in [2.05, 4.69) is 27.1 Å². The molecule has 1 aliphatic heterocycles. The summed E-state index contributed by atoms with van der Waals surface area (Å²) in [6.07, 6.45) is 1.71. The van der Waals surface area contributed by atoms with Crippen LogP contribution in [0.1, 0.15) is 15.9 Å². The standard InChI is InChI=1S/C19H24N4O2/c1-22-9-11-23(12-10-22)18-8-7-17(13-20-18)21-19(24)16-5-3-15(4-6-16)14-25-2/h3-8,13H,9-12,14H2,1-2H3,(H,21,24). The summed E-state index contributed by atoms with van der Waals surface area (Å²) in [5.41, 5.74) is 2.35. The van der Waals surface area contributed by atoms with Crippen molar-refractivity contribution in [1.82, 2.24) is 9.88 Å². The number of aromatic nitrogens is 1. The fourth-order valence-electron chi connectivity index (χ4n) is 2.80. The quantitative estimate of drug-likeness (QED) is 0.904. The van der Waals surface area contributed by atoms with E-state index in [1.165, 1.54) is 0 Å². The van der Waals surface area contributed by atoms with Gasteiger partial charge in [-0.05, 0) is 36.9 Å². The molecule has 1 saturated heterocycles. The van der Waals surface area contributed by atoms with Crippen molar-refractivity contribution in [2.75, 3.05) is 50.6 Å². The molecular formula is C19H24N4O2. The number of benzene rings is 1. The molecule has 6 heteroatoms. The van der Waals surface area contributed by atoms with Gasteiger partial charge in [0.15, 0.2) is 0 Å². The molecule has 0 atom stereocenters. The average Bonchev–Trinajstić information content (AvgIpc) is 2.64. The Morgan fingerprint density at radius 1 is 1.12 bits per heavy atom. The minimum atomic E-state index is -0.141. The first kappa shape index (κ1) is 17.4. The number of hydrogen-bond acceptors (Lipinski definition) is 5. The lowest BCUT2D eigenvalue weighted by molar-refractivity contribution is 0.102. The highest BCUT2D eigenvalue weighted by Gasteiger charge is 2.15. The van der Waals surface area contributed by atoms with Crippen LogP contribution in [0.25, 0.3) is 0 Å². The third-order valence-electron chi connectivity index (χ3n) is 4.36. The highest BCUT2D eigenvalue weighted by molar-refractivity contribution is 6.04. The van der Waals surface area contributed by atoms with Gasteiger partial charge in [-0.25, -0.2) is 4.98 Å². The fraction of sp³-hybridized carbons (Fsp3) is 0.368. The molecule has 1 aromatic carbocycles. The second-order valence-electron chi connectivity index (χ2n) is 6.28. The number of piperazine rings is 1. The van der Waals surface area contributed by atoms with Gasteiger partial charge >= 0.3 is 0 Å². The normalized spacial score (nSPS) is 15.2. The van der Waals surface area contributed by atoms with Crippen LogP contribution in [-0.4, -0.2) is 56.1 Å². The number of amides is 1. The number of carbonyl (C=O) groups is 1. The van der Waals surface area contributed by atoms with E-state index in [9.17, 15) is 4.79 Å². The highest BCUT2D eigenvalue weighted by atomic mass is 16.5. The van der Waals surface area contributed by atoms with Crippen molar-refractivity contribution in [3.05, 3.63) is 53.7 Å². The molecule has 0 saturated carbocycles. The Labute approximate surface area is 148 Å². The van der Waals surface area contributed by atoms with E-state index in [4.69, 9.17) is 4.74 Å². The van der Waals surface area contributed by atoms with Crippen molar-refractivity contribution in [3.63, 3.8) is 0 Å². The summed E-state index contributed by atoms with van der Waals surface area (Å²) in [6, 6.07) is 11.3. The second kappa shape index (κ2) is 8.09. The number of nitrogens with one attached hydrogen (secondary N) is 1. The molecule has 0 radical (unpaired) electrons. The molecule has 132 valence electrons. The highest BCUT2D eigenvalue weighted by Crippen LogP contribution is 2.16. The molecule has 3 rings (SSSR count). The Morgan fingerprint density at radius 2 is 1.84 bits per heavy atom. The van der Waals surface area contributed by atoms with Gasteiger partial charge in [0.2, 0.25) is 0 Å². The van der Waals surface area contributed by atoms with Gasteiger partial charge in [0.1, 0.15) is 5.82 Å². The van der Waals surface area contributed by atoms with Gasteiger partial charge < -0.3 is 19.9 Å². The van der Waals surface area contributed by atoms with E-state index in [1.807, 2.05) is 24.3 Å². The summed E-state index contributed by atoms with van der Waals surface area (Å²) in [5, 5.41) is 2.89. The van der Waals surface area contributed by atoms with Crippen molar-refractivity contribution >= 4 is 17.4 Å². The van der Waals surface area contributed by atoms with E-state index < -0.39 is 0 Å². The SMILES string of the molecule is COCc1ccc(C(=O)Nc2ccc(N3CCN(C)CC3)nc2)cc1. The number of nitrogens with zero attached hydrogens (tertiary/aromatic N) is 3. The summed E-state index contributed by atoms with van der Waals surface area (Å²) < 4.78 is 5.08. The van der Waals surface area contributed by atoms with Crippen molar-refractivity contribution < 1.29 is 9.53 Å². The van der Waals surface area contributed by atoms with Gasteiger partial charge in [-0.15, -0.1) is 0 Å². The molecule has 1 aliphatic rings. The van der Waals surface area contributed by atoms with Gasteiger partial charge in [-0.1, -0.05) is 12.1 Å². The molecule has 2 heterocycles. The largest absolute Gasteiger partial charge is 0.380 e. The van der Waals surface area contributed by atoms with Crippen LogP contribution in [0.2, 0.25) is 0 Å². The average molecular weight is 340 g/mol. The summed E-state index contributed by atoms with van der Waals surface area (Å²) in [6.45, 7) is 4.57. The molecule has 1 amide bonds. The summed E-state index contributed by atoms with van der Waals surface area (Å²) in [5.74, 6) is 0.813. The van der Waals surface area contributed by atoms with Crippen LogP contribution in [-0.2, 0) is 11.3 Å². The van der Waals surface area contributed by atoms with Crippen molar-refractivity contribution in [2.24, 2.45) is 0 Å². The lowest BCUT2D eigenvalue weighted by atomic mass is 10.1. The maximum absolute atomic E-state index is 12.3. The smallest absolute Gasteiger partial charge is 0.255 e. The molecule has 0 aliphatic carbocycles. The van der Waals surface area contributed by atoms with Crippen molar-refractivity contribution in [1.29, 1.82) is 0 Å².